The Hall–Kier alpha value is -0.930. The molecule has 4 heteroatoms. The number of nitrogens with zero attached hydrogens (tertiary/aromatic N) is 1. The molecule has 3 nitrogen and oxygen atoms in total. The van der Waals surface area contributed by atoms with Crippen LogP contribution >= 0.6 is 11.6 Å². The van der Waals surface area contributed by atoms with Crippen molar-refractivity contribution >= 4 is 17.3 Å². The van der Waals surface area contributed by atoms with E-state index in [-0.39, 0.29) is 6.04 Å². The third-order valence-corrected chi connectivity index (χ3v) is 3.02. The van der Waals surface area contributed by atoms with E-state index in [0.29, 0.717) is 10.8 Å². The highest BCUT2D eigenvalue weighted by molar-refractivity contribution is 6.32. The van der Waals surface area contributed by atoms with Gasteiger partial charge in [0.1, 0.15) is 5.75 Å². The van der Waals surface area contributed by atoms with Crippen LogP contribution in [0.4, 0.5) is 5.69 Å². The molecule has 0 spiro atoms. The molecule has 0 aromatic heterocycles. The molecule has 2 rings (SSSR count). The molecule has 1 atom stereocenters. The zero-order valence-electron chi connectivity index (χ0n) is 8.74. The van der Waals surface area contributed by atoms with Crippen molar-refractivity contribution in [2.45, 2.75) is 12.5 Å². The van der Waals surface area contributed by atoms with Crippen LogP contribution in [0, 0.1) is 0 Å². The molecule has 1 aliphatic heterocycles. The van der Waals surface area contributed by atoms with E-state index in [1.165, 1.54) is 0 Å². The van der Waals surface area contributed by atoms with Gasteiger partial charge in [0, 0.05) is 24.8 Å². The van der Waals surface area contributed by atoms with Crippen molar-refractivity contribution in [1.82, 2.24) is 0 Å². The molecular weight excluding hydrogens is 212 g/mol. The Balaban J connectivity index is 2.19. The van der Waals surface area contributed by atoms with E-state index < -0.39 is 0 Å². The fourth-order valence-corrected chi connectivity index (χ4v) is 2.13. The monoisotopic (exact) mass is 226 g/mol. The van der Waals surface area contributed by atoms with Crippen molar-refractivity contribution in [3.05, 3.63) is 23.2 Å². The van der Waals surface area contributed by atoms with Crippen LogP contribution in [0.15, 0.2) is 18.2 Å². The van der Waals surface area contributed by atoms with Crippen LogP contribution in [0.1, 0.15) is 6.42 Å². The number of benzene rings is 1. The van der Waals surface area contributed by atoms with Crippen LogP contribution in [0.25, 0.3) is 0 Å². The fourth-order valence-electron chi connectivity index (χ4n) is 1.87. The summed E-state index contributed by atoms with van der Waals surface area (Å²) in [4.78, 5) is 2.25. The minimum Gasteiger partial charge on any atom is -0.495 e. The first-order chi connectivity index (χ1) is 7.20. The van der Waals surface area contributed by atoms with Crippen LogP contribution in [0.5, 0.6) is 5.75 Å². The molecule has 1 saturated heterocycles. The van der Waals surface area contributed by atoms with E-state index in [1.807, 2.05) is 18.2 Å². The first kappa shape index (κ1) is 10.6. The number of nitrogens with two attached hydrogens (primary N) is 1. The highest BCUT2D eigenvalue weighted by Crippen LogP contribution is 2.30. The topological polar surface area (TPSA) is 38.5 Å². The Morgan fingerprint density at radius 2 is 2.33 bits per heavy atom. The second-order valence-electron chi connectivity index (χ2n) is 3.81. The lowest BCUT2D eigenvalue weighted by Gasteiger charge is -2.18. The normalized spacial score (nSPS) is 20.7. The third kappa shape index (κ3) is 2.19. The summed E-state index contributed by atoms with van der Waals surface area (Å²) in [5, 5.41) is 0.649. The molecule has 2 N–H and O–H groups in total. The SMILES string of the molecule is COc1ccc(N2CCC(N)C2)cc1Cl. The Bertz CT molecular complexity index is 356. The molecular formula is C11H15ClN2O. The number of halogens is 1. The van der Waals surface area contributed by atoms with Gasteiger partial charge >= 0.3 is 0 Å². The van der Waals surface area contributed by atoms with Crippen LogP contribution < -0.4 is 15.4 Å². The first-order valence-corrected chi connectivity index (χ1v) is 5.42. The predicted molar refractivity (Wildman–Crippen MR) is 62.8 cm³/mol. The second-order valence-corrected chi connectivity index (χ2v) is 4.22. The van der Waals surface area contributed by atoms with Gasteiger partial charge < -0.3 is 15.4 Å². The van der Waals surface area contributed by atoms with Gasteiger partial charge in [-0.05, 0) is 24.6 Å². The molecule has 1 aliphatic rings. The van der Waals surface area contributed by atoms with Crippen molar-refractivity contribution in [3.8, 4) is 5.75 Å². The molecule has 0 saturated carbocycles. The van der Waals surface area contributed by atoms with E-state index in [2.05, 4.69) is 4.90 Å². The largest absolute Gasteiger partial charge is 0.495 e. The van der Waals surface area contributed by atoms with E-state index in [0.717, 1.165) is 25.2 Å². The van der Waals surface area contributed by atoms with Crippen LogP contribution in [0.3, 0.4) is 0 Å². The van der Waals surface area contributed by atoms with Crippen LogP contribution in [-0.2, 0) is 0 Å². The van der Waals surface area contributed by atoms with Crippen molar-refractivity contribution in [3.63, 3.8) is 0 Å². The molecule has 0 radical (unpaired) electrons. The second kappa shape index (κ2) is 4.29. The summed E-state index contributed by atoms with van der Waals surface area (Å²) in [5.41, 5.74) is 6.98. The summed E-state index contributed by atoms with van der Waals surface area (Å²) >= 11 is 6.06. The fraction of sp³-hybridized carbons (Fsp3) is 0.455. The lowest BCUT2D eigenvalue weighted by molar-refractivity contribution is 0.415. The van der Waals surface area contributed by atoms with E-state index >= 15 is 0 Å². The van der Waals surface area contributed by atoms with Crippen molar-refractivity contribution in [2.75, 3.05) is 25.1 Å². The standard InChI is InChI=1S/C11H15ClN2O/c1-15-11-3-2-9(6-10(11)12)14-5-4-8(13)7-14/h2-3,6,8H,4-5,7,13H2,1H3. The molecule has 82 valence electrons. The molecule has 1 fully saturated rings. The zero-order valence-corrected chi connectivity index (χ0v) is 9.50. The van der Waals surface area contributed by atoms with Gasteiger partial charge in [0.15, 0.2) is 0 Å². The third-order valence-electron chi connectivity index (χ3n) is 2.73. The number of rotatable bonds is 2. The molecule has 1 aromatic carbocycles. The van der Waals surface area contributed by atoms with E-state index in [1.54, 1.807) is 7.11 Å². The highest BCUT2D eigenvalue weighted by Gasteiger charge is 2.19. The van der Waals surface area contributed by atoms with Gasteiger partial charge in [0.05, 0.1) is 12.1 Å². The summed E-state index contributed by atoms with van der Waals surface area (Å²) in [5.74, 6) is 0.712. The number of ether oxygens (including phenoxy) is 1. The van der Waals surface area contributed by atoms with E-state index in [4.69, 9.17) is 22.1 Å². The number of hydrogen-bond donors (Lipinski definition) is 1. The van der Waals surface area contributed by atoms with Gasteiger partial charge in [-0.1, -0.05) is 11.6 Å². The average Bonchev–Trinajstić information content (AvgIpc) is 2.65. The van der Waals surface area contributed by atoms with E-state index in [9.17, 15) is 0 Å². The first-order valence-electron chi connectivity index (χ1n) is 5.05. The Morgan fingerprint density at radius 1 is 1.53 bits per heavy atom. The van der Waals surface area contributed by atoms with Crippen LogP contribution in [0.2, 0.25) is 5.02 Å². The summed E-state index contributed by atoms with van der Waals surface area (Å²) < 4.78 is 5.11. The summed E-state index contributed by atoms with van der Waals surface area (Å²) in [7, 11) is 1.62. The van der Waals surface area contributed by atoms with Gasteiger partial charge in [-0.2, -0.15) is 0 Å². The van der Waals surface area contributed by atoms with Crippen molar-refractivity contribution in [2.24, 2.45) is 5.73 Å². The van der Waals surface area contributed by atoms with Crippen molar-refractivity contribution < 1.29 is 4.74 Å². The van der Waals surface area contributed by atoms with Gasteiger partial charge in [-0.3, -0.25) is 0 Å². The maximum atomic E-state index is 6.06. The molecule has 0 amide bonds. The van der Waals surface area contributed by atoms with Gasteiger partial charge in [-0.15, -0.1) is 0 Å². The highest BCUT2D eigenvalue weighted by atomic mass is 35.5. The molecule has 0 bridgehead atoms. The Kier molecular flexibility index (Phi) is 3.03. The molecule has 0 aliphatic carbocycles. The maximum Gasteiger partial charge on any atom is 0.137 e. The molecule has 1 unspecified atom stereocenters. The zero-order chi connectivity index (χ0) is 10.8. The van der Waals surface area contributed by atoms with Gasteiger partial charge in [-0.25, -0.2) is 0 Å². The maximum absolute atomic E-state index is 6.06. The smallest absolute Gasteiger partial charge is 0.137 e. The van der Waals surface area contributed by atoms with Gasteiger partial charge in [0.25, 0.3) is 0 Å². The Morgan fingerprint density at radius 3 is 2.87 bits per heavy atom. The van der Waals surface area contributed by atoms with Crippen LogP contribution in [-0.4, -0.2) is 26.2 Å². The van der Waals surface area contributed by atoms with Crippen molar-refractivity contribution in [1.29, 1.82) is 0 Å². The summed E-state index contributed by atoms with van der Waals surface area (Å²) in [6.07, 6.45) is 1.05. The lowest BCUT2D eigenvalue weighted by atomic mass is 10.3. The summed E-state index contributed by atoms with van der Waals surface area (Å²) in [6, 6.07) is 6.12. The molecule has 1 aromatic rings. The molecule has 1 heterocycles. The molecule has 15 heavy (non-hydrogen) atoms. The van der Waals surface area contributed by atoms with Gasteiger partial charge in [0.2, 0.25) is 0 Å². The average molecular weight is 227 g/mol. The quantitative estimate of drug-likeness (QED) is 0.837. The number of hydrogen-bond acceptors (Lipinski definition) is 3. The number of methoxy groups -OCH3 is 1. The summed E-state index contributed by atoms with van der Waals surface area (Å²) in [6.45, 7) is 1.91. The minimum atomic E-state index is 0.283. The predicted octanol–water partition coefficient (Wildman–Crippen LogP) is 1.89. The Labute approximate surface area is 94.8 Å². The number of anilines is 1. The minimum absolute atomic E-state index is 0.283. The lowest BCUT2D eigenvalue weighted by Crippen LogP contribution is -2.26.